The number of methoxy groups -OCH3 is 1. The molecule has 2 aromatic heterocycles. The van der Waals surface area contributed by atoms with Gasteiger partial charge in [0.25, 0.3) is 0 Å². The van der Waals surface area contributed by atoms with E-state index in [0.29, 0.717) is 16.0 Å². The van der Waals surface area contributed by atoms with E-state index >= 15 is 0 Å². The van der Waals surface area contributed by atoms with Crippen molar-refractivity contribution >= 4 is 40.1 Å². The van der Waals surface area contributed by atoms with E-state index in [1.54, 1.807) is 6.26 Å². The Morgan fingerprint density at radius 2 is 2.23 bits per heavy atom. The van der Waals surface area contributed by atoms with Gasteiger partial charge in [0.2, 0.25) is 11.0 Å². The molecule has 2 N–H and O–H groups in total. The smallest absolute Gasteiger partial charge is 0.328 e. The number of nitrogens with one attached hydrogen (secondary N) is 2. The van der Waals surface area contributed by atoms with E-state index in [1.165, 1.54) is 30.2 Å². The highest BCUT2D eigenvalue weighted by molar-refractivity contribution is 8.01. The van der Waals surface area contributed by atoms with E-state index in [0.717, 1.165) is 12.2 Å². The minimum absolute atomic E-state index is 0.00432. The zero-order valence-corrected chi connectivity index (χ0v) is 16.5. The number of furan rings is 1. The molecule has 26 heavy (non-hydrogen) atoms. The Kier molecular flexibility index (Phi) is 7.92. The number of carbonyl (C=O) groups is 2. The number of hydrogen-bond acceptors (Lipinski definition) is 9. The van der Waals surface area contributed by atoms with Gasteiger partial charge in [-0.3, -0.25) is 4.79 Å². The Morgan fingerprint density at radius 3 is 2.88 bits per heavy atom. The number of carbonyl (C=O) groups excluding carboxylic acids is 2. The molecule has 10 heteroatoms. The van der Waals surface area contributed by atoms with Gasteiger partial charge in [-0.2, -0.15) is 0 Å². The molecule has 0 spiro atoms. The highest BCUT2D eigenvalue weighted by Crippen LogP contribution is 2.25. The number of nitrogens with zero attached hydrogens (tertiary/aromatic N) is 2. The van der Waals surface area contributed by atoms with Gasteiger partial charge in [0.1, 0.15) is 11.8 Å². The summed E-state index contributed by atoms with van der Waals surface area (Å²) < 4.78 is 10.7. The van der Waals surface area contributed by atoms with Gasteiger partial charge in [-0.1, -0.05) is 43.4 Å². The van der Waals surface area contributed by atoms with Gasteiger partial charge >= 0.3 is 5.97 Å². The molecular formula is C16H22N4O4S2. The lowest BCUT2D eigenvalue weighted by Gasteiger charge is -2.21. The van der Waals surface area contributed by atoms with Crippen LogP contribution in [0.15, 0.2) is 27.2 Å². The van der Waals surface area contributed by atoms with Crippen molar-refractivity contribution in [3.05, 3.63) is 24.2 Å². The molecule has 0 saturated carbocycles. The molecule has 0 bridgehead atoms. The van der Waals surface area contributed by atoms with Crippen molar-refractivity contribution in [2.24, 2.45) is 5.92 Å². The van der Waals surface area contributed by atoms with Crippen molar-refractivity contribution in [1.82, 2.24) is 15.5 Å². The molecule has 2 atom stereocenters. The Morgan fingerprint density at radius 1 is 1.42 bits per heavy atom. The predicted molar refractivity (Wildman–Crippen MR) is 100 cm³/mol. The number of thioether (sulfide) groups is 1. The molecule has 0 fully saturated rings. The second kappa shape index (κ2) is 10.2. The number of esters is 1. The van der Waals surface area contributed by atoms with Crippen molar-refractivity contribution < 1.29 is 18.7 Å². The van der Waals surface area contributed by atoms with Gasteiger partial charge in [-0.25, -0.2) is 4.79 Å². The monoisotopic (exact) mass is 398 g/mol. The summed E-state index contributed by atoms with van der Waals surface area (Å²) in [4.78, 5) is 24.0. The van der Waals surface area contributed by atoms with Crippen LogP contribution in [0.4, 0.5) is 5.13 Å². The van der Waals surface area contributed by atoms with Crippen LogP contribution in [0.3, 0.4) is 0 Å². The van der Waals surface area contributed by atoms with Gasteiger partial charge in [0, 0.05) is 0 Å². The number of hydrogen-bond donors (Lipinski definition) is 2. The standard InChI is InChI=1S/C16H22N4O4S2/c1-4-10(2)13(14(22)23-3)18-12(21)9-25-16-20-19-15(26-16)17-8-11-6-5-7-24-11/h5-7,10,13H,4,8-9H2,1-3H3,(H,17,19)(H,18,21). The molecule has 0 aliphatic carbocycles. The van der Waals surface area contributed by atoms with E-state index in [9.17, 15) is 9.59 Å². The predicted octanol–water partition coefficient (Wildman–Crippen LogP) is 2.54. The highest BCUT2D eigenvalue weighted by Gasteiger charge is 2.26. The van der Waals surface area contributed by atoms with E-state index in [4.69, 9.17) is 9.15 Å². The minimum Gasteiger partial charge on any atom is -0.467 e. The maximum absolute atomic E-state index is 12.1. The van der Waals surface area contributed by atoms with Crippen LogP contribution >= 0.6 is 23.1 Å². The van der Waals surface area contributed by atoms with Crippen molar-refractivity contribution in [2.45, 2.75) is 37.2 Å². The summed E-state index contributed by atoms with van der Waals surface area (Å²) in [5.41, 5.74) is 0. The van der Waals surface area contributed by atoms with Crippen LogP contribution < -0.4 is 10.6 Å². The summed E-state index contributed by atoms with van der Waals surface area (Å²) >= 11 is 2.62. The molecule has 142 valence electrons. The second-order valence-electron chi connectivity index (χ2n) is 5.55. The maximum Gasteiger partial charge on any atom is 0.328 e. The summed E-state index contributed by atoms with van der Waals surface area (Å²) in [6, 6.07) is 3.04. The third kappa shape index (κ3) is 6.03. The molecule has 0 aliphatic rings. The Hall–Kier alpha value is -2.07. The largest absolute Gasteiger partial charge is 0.467 e. The van der Waals surface area contributed by atoms with E-state index < -0.39 is 12.0 Å². The summed E-state index contributed by atoms with van der Waals surface area (Å²) in [6.07, 6.45) is 2.37. The molecule has 1 amide bonds. The average molecular weight is 399 g/mol. The molecule has 0 aliphatic heterocycles. The Bertz CT molecular complexity index is 705. The van der Waals surface area contributed by atoms with Gasteiger partial charge in [0.15, 0.2) is 4.34 Å². The van der Waals surface area contributed by atoms with Crippen LogP contribution in [0, 0.1) is 5.92 Å². The first-order chi connectivity index (χ1) is 12.5. The average Bonchev–Trinajstić information content (AvgIpc) is 3.33. The Balaban J connectivity index is 1.80. The topological polar surface area (TPSA) is 106 Å². The molecule has 0 saturated heterocycles. The first kappa shape index (κ1) is 20.2. The molecule has 0 aromatic carbocycles. The lowest BCUT2D eigenvalue weighted by Crippen LogP contribution is -2.46. The zero-order chi connectivity index (χ0) is 18.9. The fourth-order valence-corrected chi connectivity index (χ4v) is 3.61. The van der Waals surface area contributed by atoms with Gasteiger partial charge in [-0.15, -0.1) is 10.2 Å². The molecule has 2 unspecified atom stereocenters. The normalized spacial score (nSPS) is 13.0. The first-order valence-corrected chi connectivity index (χ1v) is 9.93. The van der Waals surface area contributed by atoms with Gasteiger partial charge < -0.3 is 19.8 Å². The van der Waals surface area contributed by atoms with Crippen LogP contribution in [0.25, 0.3) is 0 Å². The van der Waals surface area contributed by atoms with E-state index in [-0.39, 0.29) is 17.6 Å². The maximum atomic E-state index is 12.1. The van der Waals surface area contributed by atoms with Crippen LogP contribution in [0.1, 0.15) is 26.0 Å². The SMILES string of the molecule is CCC(C)C(NC(=O)CSc1nnc(NCc2ccco2)s1)C(=O)OC. The molecule has 0 radical (unpaired) electrons. The minimum atomic E-state index is -0.641. The van der Waals surface area contributed by atoms with Gasteiger partial charge in [-0.05, 0) is 18.1 Å². The van der Waals surface area contributed by atoms with E-state index in [1.807, 2.05) is 26.0 Å². The molecule has 8 nitrogen and oxygen atoms in total. The molecule has 2 heterocycles. The number of ether oxygens (including phenoxy) is 1. The zero-order valence-electron chi connectivity index (χ0n) is 14.9. The summed E-state index contributed by atoms with van der Waals surface area (Å²) in [5.74, 6) is 0.267. The van der Waals surface area contributed by atoms with Crippen molar-refractivity contribution in [3.8, 4) is 0 Å². The lowest BCUT2D eigenvalue weighted by molar-refractivity contribution is -0.146. The second-order valence-corrected chi connectivity index (χ2v) is 7.75. The number of aromatic nitrogens is 2. The molecule has 2 aromatic rings. The third-order valence-electron chi connectivity index (χ3n) is 3.71. The fraction of sp³-hybridized carbons (Fsp3) is 0.500. The number of anilines is 1. The number of amides is 1. The molecule has 2 rings (SSSR count). The number of rotatable bonds is 10. The van der Waals surface area contributed by atoms with Crippen LogP contribution in [0.2, 0.25) is 0 Å². The Labute approximate surface area is 160 Å². The van der Waals surface area contributed by atoms with Crippen molar-refractivity contribution in [2.75, 3.05) is 18.2 Å². The summed E-state index contributed by atoms with van der Waals surface area (Å²) in [7, 11) is 1.32. The first-order valence-electron chi connectivity index (χ1n) is 8.13. The quantitative estimate of drug-likeness (QED) is 0.464. The van der Waals surface area contributed by atoms with Gasteiger partial charge in [0.05, 0.1) is 25.7 Å². The van der Waals surface area contributed by atoms with Crippen LogP contribution in [-0.4, -0.2) is 41.0 Å². The summed E-state index contributed by atoms with van der Waals surface area (Å²) in [6.45, 7) is 4.37. The lowest BCUT2D eigenvalue weighted by atomic mass is 9.99. The third-order valence-corrected chi connectivity index (χ3v) is 5.73. The van der Waals surface area contributed by atoms with Crippen LogP contribution in [-0.2, 0) is 20.9 Å². The van der Waals surface area contributed by atoms with Crippen molar-refractivity contribution in [3.63, 3.8) is 0 Å². The fourth-order valence-electron chi connectivity index (χ4n) is 2.05. The van der Waals surface area contributed by atoms with E-state index in [2.05, 4.69) is 20.8 Å². The highest BCUT2D eigenvalue weighted by atomic mass is 32.2. The van der Waals surface area contributed by atoms with Crippen molar-refractivity contribution in [1.29, 1.82) is 0 Å². The summed E-state index contributed by atoms with van der Waals surface area (Å²) in [5, 5.41) is 14.6. The van der Waals surface area contributed by atoms with Crippen LogP contribution in [0.5, 0.6) is 0 Å². The molecular weight excluding hydrogens is 376 g/mol.